The molecule has 1 atom stereocenters. The van der Waals surface area contributed by atoms with Crippen molar-refractivity contribution in [2.45, 2.75) is 25.3 Å². The minimum Gasteiger partial charge on any atom is -0.383 e. The van der Waals surface area contributed by atoms with Gasteiger partial charge >= 0.3 is 0 Å². The summed E-state index contributed by atoms with van der Waals surface area (Å²) in [6.07, 6.45) is 1.69. The molecule has 1 unspecified atom stereocenters. The molecule has 1 aromatic carbocycles. The predicted octanol–water partition coefficient (Wildman–Crippen LogP) is 0.0989. The van der Waals surface area contributed by atoms with Crippen LogP contribution in [-0.4, -0.2) is 62.0 Å². The zero-order valence-corrected chi connectivity index (χ0v) is 14.5. The summed E-state index contributed by atoms with van der Waals surface area (Å²) in [7, 11) is 1.55. The first-order valence-corrected chi connectivity index (χ1v) is 8.48. The molecule has 1 aliphatic heterocycles. The fourth-order valence-electron chi connectivity index (χ4n) is 2.85. The Balaban J connectivity index is 1.82. The maximum absolute atomic E-state index is 12.5. The van der Waals surface area contributed by atoms with Crippen molar-refractivity contribution in [3.63, 3.8) is 0 Å². The molecule has 136 valence electrons. The minimum absolute atomic E-state index is 0.0617. The van der Waals surface area contributed by atoms with Crippen molar-refractivity contribution in [3.8, 4) is 0 Å². The Morgan fingerprint density at radius 3 is 2.68 bits per heavy atom. The number of likely N-dealkylation sites (tertiary alicyclic amines) is 1. The number of carbonyl (C=O) groups is 3. The van der Waals surface area contributed by atoms with Gasteiger partial charge in [-0.1, -0.05) is 30.3 Å². The SMILES string of the molecule is COCCNC(=O)CNC(=O)C1CCCN1C(=O)Cc1ccccc1. The summed E-state index contributed by atoms with van der Waals surface area (Å²) in [5.41, 5.74) is 0.927. The normalized spacial score (nSPS) is 16.5. The number of hydrogen-bond donors (Lipinski definition) is 2. The maximum Gasteiger partial charge on any atom is 0.243 e. The average Bonchev–Trinajstić information content (AvgIpc) is 3.11. The van der Waals surface area contributed by atoms with Gasteiger partial charge in [-0.3, -0.25) is 14.4 Å². The summed E-state index contributed by atoms with van der Waals surface area (Å²) in [5.74, 6) is -0.611. The summed E-state index contributed by atoms with van der Waals surface area (Å²) in [6, 6.07) is 8.97. The van der Waals surface area contributed by atoms with E-state index in [2.05, 4.69) is 10.6 Å². The summed E-state index contributed by atoms with van der Waals surface area (Å²) in [5, 5.41) is 5.25. The predicted molar refractivity (Wildman–Crippen MR) is 92.8 cm³/mol. The van der Waals surface area contributed by atoms with Gasteiger partial charge in [0.2, 0.25) is 17.7 Å². The van der Waals surface area contributed by atoms with E-state index in [-0.39, 0.29) is 30.7 Å². The molecule has 7 nitrogen and oxygen atoms in total. The van der Waals surface area contributed by atoms with Crippen molar-refractivity contribution in [1.82, 2.24) is 15.5 Å². The number of ether oxygens (including phenoxy) is 1. The first-order valence-electron chi connectivity index (χ1n) is 8.48. The molecule has 2 N–H and O–H groups in total. The molecule has 1 aromatic rings. The van der Waals surface area contributed by atoms with Gasteiger partial charge in [-0.05, 0) is 18.4 Å². The van der Waals surface area contributed by atoms with Crippen LogP contribution in [0.3, 0.4) is 0 Å². The van der Waals surface area contributed by atoms with Gasteiger partial charge in [-0.15, -0.1) is 0 Å². The number of nitrogens with one attached hydrogen (secondary N) is 2. The number of methoxy groups -OCH3 is 1. The Morgan fingerprint density at radius 2 is 1.96 bits per heavy atom. The smallest absolute Gasteiger partial charge is 0.243 e. The second-order valence-corrected chi connectivity index (χ2v) is 5.97. The number of benzene rings is 1. The van der Waals surface area contributed by atoms with Crippen LogP contribution in [0.25, 0.3) is 0 Å². The first kappa shape index (κ1) is 18.9. The molecule has 1 heterocycles. The van der Waals surface area contributed by atoms with Gasteiger partial charge in [0.1, 0.15) is 6.04 Å². The highest BCUT2D eigenvalue weighted by atomic mass is 16.5. The van der Waals surface area contributed by atoms with E-state index in [0.717, 1.165) is 12.0 Å². The highest BCUT2D eigenvalue weighted by Crippen LogP contribution is 2.19. The van der Waals surface area contributed by atoms with E-state index >= 15 is 0 Å². The number of hydrogen-bond acceptors (Lipinski definition) is 4. The fraction of sp³-hybridized carbons (Fsp3) is 0.500. The zero-order chi connectivity index (χ0) is 18.1. The van der Waals surface area contributed by atoms with Crippen LogP contribution in [0.1, 0.15) is 18.4 Å². The second kappa shape index (κ2) is 9.78. The summed E-state index contributed by atoms with van der Waals surface area (Å²) < 4.78 is 4.84. The third-order valence-electron chi connectivity index (χ3n) is 4.13. The molecular weight excluding hydrogens is 322 g/mol. The minimum atomic E-state index is -0.497. The molecule has 25 heavy (non-hydrogen) atoms. The van der Waals surface area contributed by atoms with Crippen molar-refractivity contribution in [2.24, 2.45) is 0 Å². The first-order chi connectivity index (χ1) is 12.1. The van der Waals surface area contributed by atoms with E-state index in [9.17, 15) is 14.4 Å². The topological polar surface area (TPSA) is 87.7 Å². The molecule has 0 spiro atoms. The van der Waals surface area contributed by atoms with Gasteiger partial charge in [0, 0.05) is 20.2 Å². The number of carbonyl (C=O) groups excluding carboxylic acids is 3. The van der Waals surface area contributed by atoms with Gasteiger partial charge in [0.05, 0.1) is 19.6 Å². The molecule has 0 aliphatic carbocycles. The van der Waals surface area contributed by atoms with Gasteiger partial charge in [-0.25, -0.2) is 0 Å². The Kier molecular flexibility index (Phi) is 7.40. The van der Waals surface area contributed by atoms with Crippen molar-refractivity contribution in [1.29, 1.82) is 0 Å². The van der Waals surface area contributed by atoms with Crippen molar-refractivity contribution >= 4 is 17.7 Å². The third-order valence-corrected chi connectivity index (χ3v) is 4.13. The van der Waals surface area contributed by atoms with Crippen molar-refractivity contribution < 1.29 is 19.1 Å². The fourth-order valence-corrected chi connectivity index (χ4v) is 2.85. The third kappa shape index (κ3) is 5.86. The van der Waals surface area contributed by atoms with Crippen LogP contribution in [0.4, 0.5) is 0 Å². The van der Waals surface area contributed by atoms with Crippen LogP contribution >= 0.6 is 0 Å². The lowest BCUT2D eigenvalue weighted by atomic mass is 10.1. The number of nitrogens with zero attached hydrogens (tertiary/aromatic N) is 1. The molecule has 0 saturated carbocycles. The maximum atomic E-state index is 12.5. The van der Waals surface area contributed by atoms with Gasteiger partial charge in [-0.2, -0.15) is 0 Å². The molecule has 0 radical (unpaired) electrons. The van der Waals surface area contributed by atoms with Crippen LogP contribution in [0, 0.1) is 0 Å². The molecule has 7 heteroatoms. The molecule has 3 amide bonds. The largest absolute Gasteiger partial charge is 0.383 e. The van der Waals surface area contributed by atoms with Crippen molar-refractivity contribution in [3.05, 3.63) is 35.9 Å². The second-order valence-electron chi connectivity index (χ2n) is 5.97. The van der Waals surface area contributed by atoms with Crippen LogP contribution in [0.15, 0.2) is 30.3 Å². The summed E-state index contributed by atoms with van der Waals surface area (Å²) in [4.78, 5) is 38.1. The van der Waals surface area contributed by atoms with Gasteiger partial charge in [0.15, 0.2) is 0 Å². The molecule has 1 fully saturated rings. The molecule has 0 aromatic heterocycles. The Morgan fingerprint density at radius 1 is 1.20 bits per heavy atom. The van der Waals surface area contributed by atoms with E-state index in [1.54, 1.807) is 12.0 Å². The summed E-state index contributed by atoms with van der Waals surface area (Å²) >= 11 is 0. The summed E-state index contributed by atoms with van der Waals surface area (Å²) in [6.45, 7) is 1.30. The standard InChI is InChI=1S/C18H25N3O4/c1-25-11-9-19-16(22)13-20-18(24)15-8-5-10-21(15)17(23)12-14-6-3-2-4-7-14/h2-4,6-7,15H,5,8-13H2,1H3,(H,19,22)(H,20,24). The van der Waals surface area contributed by atoms with Crippen LogP contribution in [0.5, 0.6) is 0 Å². The Hall–Kier alpha value is -2.41. The Labute approximate surface area is 147 Å². The van der Waals surface area contributed by atoms with Gasteiger partial charge in [0.25, 0.3) is 0 Å². The van der Waals surface area contributed by atoms with E-state index < -0.39 is 6.04 Å². The average molecular weight is 347 g/mol. The monoisotopic (exact) mass is 347 g/mol. The number of amides is 3. The zero-order valence-electron chi connectivity index (χ0n) is 14.5. The number of rotatable bonds is 8. The molecule has 1 saturated heterocycles. The molecule has 0 bridgehead atoms. The van der Waals surface area contributed by atoms with Gasteiger partial charge < -0.3 is 20.3 Å². The highest BCUT2D eigenvalue weighted by molar-refractivity contribution is 5.91. The lowest BCUT2D eigenvalue weighted by Gasteiger charge is -2.24. The highest BCUT2D eigenvalue weighted by Gasteiger charge is 2.33. The quantitative estimate of drug-likeness (QED) is 0.653. The lowest BCUT2D eigenvalue weighted by molar-refractivity contribution is -0.138. The van der Waals surface area contributed by atoms with E-state index in [4.69, 9.17) is 4.74 Å². The molecule has 2 rings (SSSR count). The van der Waals surface area contributed by atoms with Crippen molar-refractivity contribution in [2.75, 3.05) is 33.4 Å². The Bertz CT molecular complexity index is 591. The van der Waals surface area contributed by atoms with E-state index in [0.29, 0.717) is 26.1 Å². The van der Waals surface area contributed by atoms with Crippen LogP contribution in [0.2, 0.25) is 0 Å². The van der Waals surface area contributed by atoms with E-state index in [1.165, 1.54) is 0 Å². The molecular formula is C18H25N3O4. The van der Waals surface area contributed by atoms with Crippen LogP contribution in [-0.2, 0) is 25.5 Å². The van der Waals surface area contributed by atoms with Crippen LogP contribution < -0.4 is 10.6 Å². The lowest BCUT2D eigenvalue weighted by Crippen LogP contribution is -2.48. The molecule has 1 aliphatic rings. The van der Waals surface area contributed by atoms with E-state index in [1.807, 2.05) is 30.3 Å².